The summed E-state index contributed by atoms with van der Waals surface area (Å²) in [4.78, 5) is 33.3. The monoisotopic (exact) mass is 483 g/mol. The predicted molar refractivity (Wildman–Crippen MR) is 130 cm³/mol. The Morgan fingerprint density at radius 2 is 1.89 bits per heavy atom. The number of imide groups is 1. The van der Waals surface area contributed by atoms with Crippen LogP contribution in [0.5, 0.6) is 11.6 Å². The molecule has 0 spiro atoms. The summed E-state index contributed by atoms with van der Waals surface area (Å²) >= 11 is 0. The van der Waals surface area contributed by atoms with Gasteiger partial charge in [-0.2, -0.15) is 5.26 Å². The Labute approximate surface area is 208 Å². The van der Waals surface area contributed by atoms with Crippen molar-refractivity contribution in [1.29, 1.82) is 5.26 Å². The van der Waals surface area contributed by atoms with Gasteiger partial charge in [0.1, 0.15) is 5.75 Å². The standard InChI is InChI=1S/C28H25N3O5/c1-27-10-11-28(36-27,12-14-35-22-15-18(34-2)9-13-30-22)24-23(27)25(32)31(26(24)33)21-8-7-17(16-29)19-5-3-4-6-20(19)21/h3-9,13,15,23-24H,10-12,14H2,1-2H3/t23-,24+,27-,28-/m1/s1. The van der Waals surface area contributed by atoms with Gasteiger partial charge in [0, 0.05) is 29.5 Å². The molecule has 4 heterocycles. The van der Waals surface area contributed by atoms with Crippen LogP contribution in [0.2, 0.25) is 0 Å². The summed E-state index contributed by atoms with van der Waals surface area (Å²) in [6, 6.07) is 16.4. The first kappa shape index (κ1) is 22.5. The van der Waals surface area contributed by atoms with Gasteiger partial charge in [0.15, 0.2) is 0 Å². The van der Waals surface area contributed by atoms with Gasteiger partial charge in [0.05, 0.1) is 54.1 Å². The Bertz CT molecular complexity index is 1450. The maximum Gasteiger partial charge on any atom is 0.240 e. The molecular formula is C28H25N3O5. The zero-order chi connectivity index (χ0) is 25.1. The molecule has 1 aromatic heterocycles. The molecular weight excluding hydrogens is 458 g/mol. The van der Waals surface area contributed by atoms with Crippen LogP contribution in [0.4, 0.5) is 5.69 Å². The van der Waals surface area contributed by atoms with Crippen molar-refractivity contribution < 1.29 is 23.8 Å². The van der Waals surface area contributed by atoms with Crippen molar-refractivity contribution in [3.8, 4) is 17.7 Å². The van der Waals surface area contributed by atoms with E-state index in [1.165, 1.54) is 4.90 Å². The molecule has 3 aromatic rings. The molecule has 3 aliphatic heterocycles. The number of pyridine rings is 1. The normalized spacial score (nSPS) is 28.4. The Morgan fingerprint density at radius 3 is 2.67 bits per heavy atom. The molecule has 182 valence electrons. The Morgan fingerprint density at radius 1 is 1.11 bits per heavy atom. The SMILES string of the molecule is COc1ccnc(OCC[C@@]23CC[C@@](C)(O2)[C@H]2C(=O)N(c4ccc(C#N)c5ccccc45)C(=O)[C@H]23)c1. The zero-order valence-electron chi connectivity index (χ0n) is 20.1. The largest absolute Gasteiger partial charge is 0.497 e. The van der Waals surface area contributed by atoms with Crippen molar-refractivity contribution in [3.63, 3.8) is 0 Å². The van der Waals surface area contributed by atoms with E-state index in [-0.39, 0.29) is 11.8 Å². The van der Waals surface area contributed by atoms with E-state index < -0.39 is 23.0 Å². The highest BCUT2D eigenvalue weighted by atomic mass is 16.5. The molecule has 8 heteroatoms. The first-order chi connectivity index (χ1) is 17.4. The molecule has 3 fully saturated rings. The quantitative estimate of drug-likeness (QED) is 0.488. The maximum absolute atomic E-state index is 13.9. The number of fused-ring (bicyclic) bond motifs is 6. The second-order valence-corrected chi connectivity index (χ2v) is 9.87. The highest BCUT2D eigenvalue weighted by molar-refractivity contribution is 6.26. The lowest BCUT2D eigenvalue weighted by Crippen LogP contribution is -2.43. The van der Waals surface area contributed by atoms with Gasteiger partial charge in [-0.25, -0.2) is 9.88 Å². The summed E-state index contributed by atoms with van der Waals surface area (Å²) in [5.41, 5.74) is -0.460. The third-order valence-corrected chi connectivity index (χ3v) is 7.99. The van der Waals surface area contributed by atoms with E-state index in [4.69, 9.17) is 14.2 Å². The third kappa shape index (κ3) is 3.12. The minimum absolute atomic E-state index is 0.237. The molecule has 0 unspecified atom stereocenters. The van der Waals surface area contributed by atoms with Crippen LogP contribution in [0, 0.1) is 23.2 Å². The summed E-state index contributed by atoms with van der Waals surface area (Å²) in [6.07, 6.45) is 3.46. The lowest BCUT2D eigenvalue weighted by atomic mass is 9.67. The van der Waals surface area contributed by atoms with Crippen LogP contribution in [-0.4, -0.2) is 41.7 Å². The molecule has 0 radical (unpaired) electrons. The summed E-state index contributed by atoms with van der Waals surface area (Å²) < 4.78 is 17.6. The van der Waals surface area contributed by atoms with Gasteiger partial charge in [-0.15, -0.1) is 0 Å². The van der Waals surface area contributed by atoms with Crippen LogP contribution in [0.1, 0.15) is 31.7 Å². The Balaban J connectivity index is 1.32. The first-order valence-electron chi connectivity index (χ1n) is 12.0. The van der Waals surface area contributed by atoms with Gasteiger partial charge in [-0.3, -0.25) is 9.59 Å². The van der Waals surface area contributed by atoms with Crippen molar-refractivity contribution in [2.45, 2.75) is 37.4 Å². The molecule has 2 bridgehead atoms. The number of carbonyl (C=O) groups is 2. The fraction of sp³-hybridized carbons (Fsp3) is 0.357. The molecule has 8 nitrogen and oxygen atoms in total. The van der Waals surface area contributed by atoms with Gasteiger partial charge >= 0.3 is 0 Å². The van der Waals surface area contributed by atoms with Gasteiger partial charge < -0.3 is 14.2 Å². The van der Waals surface area contributed by atoms with Crippen LogP contribution < -0.4 is 14.4 Å². The number of anilines is 1. The summed E-state index contributed by atoms with van der Waals surface area (Å²) in [5.74, 6) is -0.545. The molecule has 3 saturated heterocycles. The number of nitriles is 1. The van der Waals surface area contributed by atoms with Gasteiger partial charge in [0.2, 0.25) is 17.7 Å². The molecule has 0 aliphatic carbocycles. The highest BCUT2D eigenvalue weighted by Gasteiger charge is 2.73. The molecule has 2 amide bonds. The van der Waals surface area contributed by atoms with E-state index in [2.05, 4.69) is 11.1 Å². The van der Waals surface area contributed by atoms with Gasteiger partial charge in [0.25, 0.3) is 0 Å². The van der Waals surface area contributed by atoms with E-state index in [1.807, 2.05) is 31.2 Å². The van der Waals surface area contributed by atoms with Crippen LogP contribution in [0.15, 0.2) is 54.7 Å². The van der Waals surface area contributed by atoms with E-state index in [0.717, 1.165) is 5.39 Å². The lowest BCUT2D eigenvalue weighted by molar-refractivity contribution is -0.131. The maximum atomic E-state index is 13.9. The van der Waals surface area contributed by atoms with E-state index in [9.17, 15) is 14.9 Å². The fourth-order valence-corrected chi connectivity index (χ4v) is 6.35. The minimum atomic E-state index is -0.776. The third-order valence-electron chi connectivity index (χ3n) is 7.99. The van der Waals surface area contributed by atoms with E-state index in [1.54, 1.807) is 37.6 Å². The van der Waals surface area contributed by atoms with Gasteiger partial charge in [-0.05, 0) is 38.0 Å². The number of ether oxygens (including phenoxy) is 3. The van der Waals surface area contributed by atoms with Crippen molar-refractivity contribution in [3.05, 3.63) is 60.3 Å². The lowest BCUT2D eigenvalue weighted by Gasteiger charge is -2.31. The van der Waals surface area contributed by atoms with E-state index in [0.29, 0.717) is 54.1 Å². The molecule has 0 saturated carbocycles. The molecule has 2 aromatic carbocycles. The molecule has 6 rings (SSSR count). The van der Waals surface area contributed by atoms with Crippen molar-refractivity contribution in [2.75, 3.05) is 18.6 Å². The van der Waals surface area contributed by atoms with Gasteiger partial charge in [-0.1, -0.05) is 24.3 Å². The molecule has 3 aliphatic rings. The van der Waals surface area contributed by atoms with Crippen molar-refractivity contribution in [2.24, 2.45) is 11.8 Å². The average molecular weight is 484 g/mol. The smallest absolute Gasteiger partial charge is 0.240 e. The van der Waals surface area contributed by atoms with Crippen LogP contribution in [0.25, 0.3) is 10.8 Å². The molecule has 0 N–H and O–H groups in total. The summed E-state index contributed by atoms with van der Waals surface area (Å²) in [6.45, 7) is 2.23. The summed E-state index contributed by atoms with van der Waals surface area (Å²) in [7, 11) is 1.58. The predicted octanol–water partition coefficient (Wildman–Crippen LogP) is 4.01. The number of methoxy groups -OCH3 is 1. The van der Waals surface area contributed by atoms with E-state index >= 15 is 0 Å². The first-order valence-corrected chi connectivity index (χ1v) is 12.0. The molecule has 36 heavy (non-hydrogen) atoms. The highest BCUT2D eigenvalue weighted by Crippen LogP contribution is 2.62. The minimum Gasteiger partial charge on any atom is -0.497 e. The van der Waals surface area contributed by atoms with Crippen LogP contribution in [0.3, 0.4) is 0 Å². The number of benzene rings is 2. The second-order valence-electron chi connectivity index (χ2n) is 9.87. The summed E-state index contributed by atoms with van der Waals surface area (Å²) in [5, 5.41) is 11.0. The number of hydrogen-bond donors (Lipinski definition) is 0. The number of nitrogens with zero attached hydrogens (tertiary/aromatic N) is 3. The number of rotatable bonds is 6. The number of aromatic nitrogens is 1. The molecule has 4 atom stereocenters. The van der Waals surface area contributed by atoms with Crippen molar-refractivity contribution >= 4 is 28.3 Å². The zero-order valence-corrected chi connectivity index (χ0v) is 20.1. The average Bonchev–Trinajstić information content (AvgIpc) is 3.48. The van der Waals surface area contributed by atoms with Crippen LogP contribution >= 0.6 is 0 Å². The topological polar surface area (TPSA) is 102 Å². The van der Waals surface area contributed by atoms with Crippen molar-refractivity contribution in [1.82, 2.24) is 4.98 Å². The Hall–Kier alpha value is -3.96. The second kappa shape index (κ2) is 8.04. The number of amides is 2. The number of hydrogen-bond acceptors (Lipinski definition) is 7. The number of carbonyl (C=O) groups excluding carboxylic acids is 2. The Kier molecular flexibility index (Phi) is 5.02. The fourth-order valence-electron chi connectivity index (χ4n) is 6.35. The van der Waals surface area contributed by atoms with Crippen LogP contribution in [-0.2, 0) is 14.3 Å².